The van der Waals surface area contributed by atoms with Gasteiger partial charge in [-0.25, -0.2) is 5.84 Å². The van der Waals surface area contributed by atoms with Gasteiger partial charge in [0.1, 0.15) is 0 Å². The van der Waals surface area contributed by atoms with Crippen molar-refractivity contribution >= 4 is 5.91 Å². The summed E-state index contributed by atoms with van der Waals surface area (Å²) in [5.74, 6) is 5.58. The maximum atomic E-state index is 11.7. The monoisotopic (exact) mass is 270 g/mol. The van der Waals surface area contributed by atoms with E-state index < -0.39 is 6.10 Å². The normalized spacial score (nSPS) is 37.3. The van der Waals surface area contributed by atoms with E-state index in [2.05, 4.69) is 26.2 Å². The van der Waals surface area contributed by atoms with E-state index in [9.17, 15) is 4.79 Å². The maximum absolute atomic E-state index is 11.7. The van der Waals surface area contributed by atoms with Gasteiger partial charge in [-0.2, -0.15) is 0 Å². The average molecular weight is 270 g/mol. The number of rotatable bonds is 5. The number of nitrogens with two attached hydrogens (primary N) is 1. The minimum Gasteiger partial charge on any atom is -0.381 e. The SMILES string of the molecule is COCC(OC1CC2CCC1(C)C2(C)C)C(=O)NN. The first-order valence-corrected chi connectivity index (χ1v) is 7.01. The third-order valence-electron chi connectivity index (χ3n) is 5.80. The molecule has 0 aromatic carbocycles. The fourth-order valence-electron chi connectivity index (χ4n) is 3.96. The van der Waals surface area contributed by atoms with E-state index in [1.165, 1.54) is 12.8 Å². The highest BCUT2D eigenvalue weighted by molar-refractivity contribution is 5.80. The fraction of sp³-hybridized carbons (Fsp3) is 0.929. The van der Waals surface area contributed by atoms with Gasteiger partial charge in [0.25, 0.3) is 5.91 Å². The number of hydrogen-bond acceptors (Lipinski definition) is 4. The van der Waals surface area contributed by atoms with Crippen molar-refractivity contribution < 1.29 is 14.3 Å². The fourth-order valence-corrected chi connectivity index (χ4v) is 3.96. The van der Waals surface area contributed by atoms with Crippen molar-refractivity contribution in [3.63, 3.8) is 0 Å². The number of hydrogen-bond donors (Lipinski definition) is 2. The molecule has 2 aliphatic rings. The number of nitrogens with one attached hydrogen (secondary N) is 1. The lowest BCUT2D eigenvalue weighted by molar-refractivity contribution is -0.150. The number of carbonyl (C=O) groups is 1. The Labute approximate surface area is 115 Å². The van der Waals surface area contributed by atoms with E-state index in [-0.39, 0.29) is 29.4 Å². The molecule has 2 fully saturated rings. The lowest BCUT2D eigenvalue weighted by atomic mass is 9.70. The van der Waals surface area contributed by atoms with Crippen molar-refractivity contribution in [2.75, 3.05) is 13.7 Å². The average Bonchev–Trinajstić information content (AvgIpc) is 2.70. The van der Waals surface area contributed by atoms with Gasteiger partial charge >= 0.3 is 0 Å². The van der Waals surface area contributed by atoms with Gasteiger partial charge < -0.3 is 9.47 Å². The van der Waals surface area contributed by atoms with Crippen LogP contribution in [0.15, 0.2) is 0 Å². The standard InChI is InChI=1S/C14H26N2O3/c1-13(2)9-5-6-14(13,3)11(7-9)19-10(8-18-4)12(17)16-15/h9-11H,5-8,15H2,1-4H3,(H,16,17). The predicted octanol–water partition coefficient (Wildman–Crippen LogP) is 1.22. The lowest BCUT2D eigenvalue weighted by Crippen LogP contribution is -2.47. The third-order valence-corrected chi connectivity index (χ3v) is 5.80. The first-order chi connectivity index (χ1) is 8.86. The van der Waals surface area contributed by atoms with E-state index in [0.29, 0.717) is 5.92 Å². The molecule has 2 bridgehead atoms. The zero-order valence-electron chi connectivity index (χ0n) is 12.4. The van der Waals surface area contributed by atoms with Gasteiger partial charge in [-0.15, -0.1) is 0 Å². The van der Waals surface area contributed by atoms with Gasteiger partial charge in [0.2, 0.25) is 0 Å². The van der Waals surface area contributed by atoms with E-state index in [1.54, 1.807) is 7.11 Å². The highest BCUT2D eigenvalue weighted by atomic mass is 16.5. The van der Waals surface area contributed by atoms with Crippen LogP contribution in [0.1, 0.15) is 40.0 Å². The molecule has 0 aliphatic heterocycles. The van der Waals surface area contributed by atoms with Gasteiger partial charge in [0.05, 0.1) is 12.7 Å². The zero-order chi connectivity index (χ0) is 14.3. The molecule has 0 spiro atoms. The Kier molecular flexibility index (Phi) is 3.91. The Morgan fingerprint density at radius 1 is 1.47 bits per heavy atom. The van der Waals surface area contributed by atoms with Crippen molar-refractivity contribution in [1.29, 1.82) is 0 Å². The molecule has 0 aromatic rings. The lowest BCUT2D eigenvalue weighted by Gasteiger charge is -2.40. The summed E-state index contributed by atoms with van der Waals surface area (Å²) in [4.78, 5) is 11.7. The van der Waals surface area contributed by atoms with Crippen LogP contribution in [-0.4, -0.2) is 31.8 Å². The molecule has 0 saturated heterocycles. The Morgan fingerprint density at radius 3 is 2.58 bits per heavy atom. The molecule has 0 radical (unpaired) electrons. The summed E-state index contributed by atoms with van der Waals surface area (Å²) in [6.45, 7) is 7.17. The molecule has 4 unspecified atom stereocenters. The van der Waals surface area contributed by atoms with Crippen LogP contribution in [0, 0.1) is 16.7 Å². The zero-order valence-corrected chi connectivity index (χ0v) is 12.4. The first-order valence-electron chi connectivity index (χ1n) is 7.01. The molecule has 0 heterocycles. The Balaban J connectivity index is 2.09. The summed E-state index contributed by atoms with van der Waals surface area (Å²) >= 11 is 0. The molecule has 110 valence electrons. The van der Waals surface area contributed by atoms with Gasteiger partial charge in [0, 0.05) is 7.11 Å². The summed E-state index contributed by atoms with van der Waals surface area (Å²) in [5, 5.41) is 0. The smallest absolute Gasteiger partial charge is 0.265 e. The summed E-state index contributed by atoms with van der Waals surface area (Å²) in [7, 11) is 1.56. The van der Waals surface area contributed by atoms with Crippen LogP contribution < -0.4 is 11.3 Å². The van der Waals surface area contributed by atoms with Crippen molar-refractivity contribution in [2.24, 2.45) is 22.6 Å². The second kappa shape index (κ2) is 5.04. The molecule has 5 nitrogen and oxygen atoms in total. The molecule has 4 atom stereocenters. The summed E-state index contributed by atoms with van der Waals surface area (Å²) in [6.07, 6.45) is 2.95. The summed E-state index contributed by atoms with van der Waals surface area (Å²) in [6, 6.07) is 0. The highest BCUT2D eigenvalue weighted by Crippen LogP contribution is 2.66. The van der Waals surface area contributed by atoms with Crippen molar-refractivity contribution in [1.82, 2.24) is 5.43 Å². The molecule has 2 rings (SSSR count). The Morgan fingerprint density at radius 2 is 2.16 bits per heavy atom. The number of hydrazine groups is 1. The summed E-state index contributed by atoms with van der Waals surface area (Å²) < 4.78 is 11.1. The van der Waals surface area contributed by atoms with Crippen molar-refractivity contribution in [3.8, 4) is 0 Å². The molecule has 0 aromatic heterocycles. The predicted molar refractivity (Wildman–Crippen MR) is 72.1 cm³/mol. The van der Waals surface area contributed by atoms with E-state index in [0.717, 1.165) is 6.42 Å². The Bertz CT molecular complexity index is 359. The van der Waals surface area contributed by atoms with Gasteiger partial charge in [-0.05, 0) is 36.0 Å². The van der Waals surface area contributed by atoms with Gasteiger partial charge in [-0.3, -0.25) is 10.2 Å². The maximum Gasteiger partial charge on any atom is 0.265 e. The minimum atomic E-state index is -0.619. The Hall–Kier alpha value is -0.650. The summed E-state index contributed by atoms with van der Waals surface area (Å²) in [5.41, 5.74) is 2.57. The number of methoxy groups -OCH3 is 1. The molecule has 5 heteroatoms. The van der Waals surface area contributed by atoms with Crippen LogP contribution in [0.3, 0.4) is 0 Å². The van der Waals surface area contributed by atoms with E-state index in [4.69, 9.17) is 15.3 Å². The van der Waals surface area contributed by atoms with Gasteiger partial charge in [0.15, 0.2) is 6.10 Å². The van der Waals surface area contributed by atoms with Crippen molar-refractivity contribution in [3.05, 3.63) is 0 Å². The highest BCUT2D eigenvalue weighted by Gasteiger charge is 2.62. The number of ether oxygens (including phenoxy) is 2. The topological polar surface area (TPSA) is 73.6 Å². The number of fused-ring (bicyclic) bond motifs is 2. The molecule has 1 amide bonds. The molecule has 19 heavy (non-hydrogen) atoms. The molecular weight excluding hydrogens is 244 g/mol. The second-order valence-corrected chi connectivity index (χ2v) is 6.69. The first kappa shape index (κ1) is 14.8. The van der Waals surface area contributed by atoms with Gasteiger partial charge in [-0.1, -0.05) is 20.8 Å². The van der Waals surface area contributed by atoms with E-state index in [1.807, 2.05) is 0 Å². The second-order valence-electron chi connectivity index (χ2n) is 6.69. The molecule has 2 aliphatic carbocycles. The van der Waals surface area contributed by atoms with Crippen LogP contribution in [-0.2, 0) is 14.3 Å². The molecular formula is C14H26N2O3. The van der Waals surface area contributed by atoms with Crippen LogP contribution >= 0.6 is 0 Å². The van der Waals surface area contributed by atoms with Crippen LogP contribution in [0.25, 0.3) is 0 Å². The number of carbonyl (C=O) groups excluding carboxylic acids is 1. The van der Waals surface area contributed by atoms with Crippen LogP contribution in [0.2, 0.25) is 0 Å². The van der Waals surface area contributed by atoms with E-state index >= 15 is 0 Å². The van der Waals surface area contributed by atoms with Crippen LogP contribution in [0.4, 0.5) is 0 Å². The largest absolute Gasteiger partial charge is 0.381 e. The van der Waals surface area contributed by atoms with Crippen molar-refractivity contribution in [2.45, 2.75) is 52.2 Å². The number of amides is 1. The van der Waals surface area contributed by atoms with Crippen LogP contribution in [0.5, 0.6) is 0 Å². The minimum absolute atomic E-state index is 0.110. The quantitative estimate of drug-likeness (QED) is 0.447. The third kappa shape index (κ3) is 2.18. The molecule has 2 saturated carbocycles. The molecule has 3 N–H and O–H groups in total.